The number of hydrogen-bond donors (Lipinski definition) is 3. The predicted molar refractivity (Wildman–Crippen MR) is 121 cm³/mol. The van der Waals surface area contributed by atoms with Gasteiger partial charge in [-0.25, -0.2) is 9.69 Å². The third-order valence-electron chi connectivity index (χ3n) is 4.72. The second-order valence-electron chi connectivity index (χ2n) is 7.25. The standard InChI is InChI=1S/C24H25N3O5/c1-4-7-17-11-16(13-20(22(17)29)32-5-2)12-19-23(30)27(24(31)26-19)14-21(28)25-18-9-6-8-15(3)10-18/h4,6,8-13,29H,1,5,7,14H2,2-3H3,(H,25,28)(H,26,31)/b19-12+. The molecule has 0 radical (unpaired) electrons. The molecule has 2 aromatic carbocycles. The number of anilines is 1. The van der Waals surface area contributed by atoms with Crippen LogP contribution >= 0.6 is 0 Å². The molecule has 8 heteroatoms. The fourth-order valence-electron chi connectivity index (χ4n) is 3.30. The van der Waals surface area contributed by atoms with Gasteiger partial charge in [-0.05, 0) is 61.7 Å². The lowest BCUT2D eigenvalue weighted by Gasteiger charge is -2.12. The predicted octanol–water partition coefficient (Wildman–Crippen LogP) is 3.36. The number of allylic oxidation sites excluding steroid dienone is 1. The molecule has 1 heterocycles. The number of amides is 4. The van der Waals surface area contributed by atoms with Gasteiger partial charge in [0.2, 0.25) is 5.91 Å². The molecule has 2 aromatic rings. The number of aryl methyl sites for hydroxylation is 1. The second-order valence-corrected chi connectivity index (χ2v) is 7.25. The van der Waals surface area contributed by atoms with Gasteiger partial charge in [0.15, 0.2) is 11.5 Å². The molecule has 3 rings (SSSR count). The number of aromatic hydroxyl groups is 1. The smallest absolute Gasteiger partial charge is 0.329 e. The zero-order valence-electron chi connectivity index (χ0n) is 18.0. The van der Waals surface area contributed by atoms with Gasteiger partial charge in [0.05, 0.1) is 6.61 Å². The van der Waals surface area contributed by atoms with Crippen molar-refractivity contribution in [2.45, 2.75) is 20.3 Å². The Kier molecular flexibility index (Phi) is 6.94. The number of nitrogens with zero attached hydrogens (tertiary/aromatic N) is 1. The van der Waals surface area contributed by atoms with Gasteiger partial charge in [0, 0.05) is 11.3 Å². The van der Waals surface area contributed by atoms with Crippen LogP contribution in [0.2, 0.25) is 0 Å². The van der Waals surface area contributed by atoms with Gasteiger partial charge in [-0.1, -0.05) is 18.2 Å². The Balaban J connectivity index is 1.79. The summed E-state index contributed by atoms with van der Waals surface area (Å²) < 4.78 is 5.47. The van der Waals surface area contributed by atoms with Crippen molar-refractivity contribution in [3.05, 3.63) is 71.4 Å². The Morgan fingerprint density at radius 1 is 1.28 bits per heavy atom. The van der Waals surface area contributed by atoms with Crippen molar-refractivity contribution in [3.8, 4) is 11.5 Å². The zero-order chi connectivity index (χ0) is 23.3. The molecule has 3 N–H and O–H groups in total. The molecule has 1 fully saturated rings. The number of ether oxygens (including phenoxy) is 1. The van der Waals surface area contributed by atoms with E-state index in [-0.39, 0.29) is 17.2 Å². The average Bonchev–Trinajstić information content (AvgIpc) is 2.99. The second kappa shape index (κ2) is 9.82. The average molecular weight is 435 g/mol. The van der Waals surface area contributed by atoms with E-state index in [2.05, 4.69) is 17.2 Å². The number of carbonyl (C=O) groups excluding carboxylic acids is 3. The van der Waals surface area contributed by atoms with Crippen molar-refractivity contribution in [1.29, 1.82) is 0 Å². The lowest BCUT2D eigenvalue weighted by molar-refractivity contribution is -0.127. The number of phenols is 1. The normalized spacial score (nSPS) is 14.4. The highest BCUT2D eigenvalue weighted by Crippen LogP contribution is 2.33. The van der Waals surface area contributed by atoms with Crippen LogP contribution in [0.5, 0.6) is 11.5 Å². The van der Waals surface area contributed by atoms with E-state index in [0.717, 1.165) is 10.5 Å². The van der Waals surface area contributed by atoms with Crippen molar-refractivity contribution >= 4 is 29.6 Å². The van der Waals surface area contributed by atoms with Gasteiger partial charge in [0.25, 0.3) is 5.91 Å². The fraction of sp³-hybridized carbons (Fsp3) is 0.208. The van der Waals surface area contributed by atoms with Crippen LogP contribution in [0.25, 0.3) is 6.08 Å². The number of urea groups is 1. The first-order valence-corrected chi connectivity index (χ1v) is 10.1. The maximum atomic E-state index is 12.7. The minimum absolute atomic E-state index is 0.00475. The third kappa shape index (κ3) is 5.15. The molecule has 0 aromatic heterocycles. The third-order valence-corrected chi connectivity index (χ3v) is 4.72. The Hall–Kier alpha value is -4.07. The summed E-state index contributed by atoms with van der Waals surface area (Å²) in [6.07, 6.45) is 3.51. The van der Waals surface area contributed by atoms with E-state index in [9.17, 15) is 19.5 Å². The minimum Gasteiger partial charge on any atom is -0.504 e. The van der Waals surface area contributed by atoms with Crippen molar-refractivity contribution in [2.75, 3.05) is 18.5 Å². The molecular weight excluding hydrogens is 410 g/mol. The van der Waals surface area contributed by atoms with Gasteiger partial charge in [-0.3, -0.25) is 9.59 Å². The highest BCUT2D eigenvalue weighted by Gasteiger charge is 2.35. The molecule has 0 atom stereocenters. The van der Waals surface area contributed by atoms with E-state index in [1.807, 2.05) is 13.0 Å². The number of imide groups is 1. The number of hydrogen-bond acceptors (Lipinski definition) is 5. The minimum atomic E-state index is -0.684. The number of rotatable bonds is 8. The van der Waals surface area contributed by atoms with Crippen LogP contribution in [0.15, 0.2) is 54.8 Å². The molecule has 0 saturated carbocycles. The monoisotopic (exact) mass is 435 g/mol. The van der Waals surface area contributed by atoms with E-state index in [1.54, 1.807) is 43.3 Å². The fourth-order valence-corrected chi connectivity index (χ4v) is 3.30. The van der Waals surface area contributed by atoms with Crippen LogP contribution < -0.4 is 15.4 Å². The summed E-state index contributed by atoms with van der Waals surface area (Å²) in [4.78, 5) is 38.3. The Morgan fingerprint density at radius 2 is 2.06 bits per heavy atom. The van der Waals surface area contributed by atoms with Gasteiger partial charge in [-0.2, -0.15) is 0 Å². The molecule has 8 nitrogen and oxygen atoms in total. The highest BCUT2D eigenvalue weighted by molar-refractivity contribution is 6.16. The zero-order valence-corrected chi connectivity index (χ0v) is 18.0. The van der Waals surface area contributed by atoms with E-state index in [0.29, 0.717) is 29.8 Å². The van der Waals surface area contributed by atoms with E-state index < -0.39 is 24.4 Å². The van der Waals surface area contributed by atoms with Gasteiger partial charge in [-0.15, -0.1) is 6.58 Å². The number of benzene rings is 2. The van der Waals surface area contributed by atoms with Gasteiger partial charge < -0.3 is 20.5 Å². The largest absolute Gasteiger partial charge is 0.504 e. The first-order valence-electron chi connectivity index (χ1n) is 10.1. The molecule has 0 bridgehead atoms. The van der Waals surface area contributed by atoms with Crippen LogP contribution in [0.1, 0.15) is 23.6 Å². The molecule has 0 aliphatic carbocycles. The Labute approximate surface area is 186 Å². The Bertz CT molecular complexity index is 1110. The van der Waals surface area contributed by atoms with Crippen LogP contribution in [0, 0.1) is 6.92 Å². The molecule has 166 valence electrons. The molecule has 0 unspecified atom stereocenters. The molecular formula is C24H25N3O5. The topological polar surface area (TPSA) is 108 Å². The maximum absolute atomic E-state index is 12.7. The molecule has 0 spiro atoms. The van der Waals surface area contributed by atoms with E-state index in [1.165, 1.54) is 6.08 Å². The summed E-state index contributed by atoms with van der Waals surface area (Å²) in [6, 6.07) is 9.78. The van der Waals surface area contributed by atoms with Crippen molar-refractivity contribution in [3.63, 3.8) is 0 Å². The van der Waals surface area contributed by atoms with Crippen LogP contribution in [0.3, 0.4) is 0 Å². The van der Waals surface area contributed by atoms with E-state index >= 15 is 0 Å². The van der Waals surface area contributed by atoms with Gasteiger partial charge in [0.1, 0.15) is 12.2 Å². The summed E-state index contributed by atoms with van der Waals surface area (Å²) in [5.74, 6) is -0.836. The summed E-state index contributed by atoms with van der Waals surface area (Å²) in [6.45, 7) is 7.29. The quantitative estimate of drug-likeness (QED) is 0.335. The Morgan fingerprint density at radius 3 is 2.75 bits per heavy atom. The summed E-state index contributed by atoms with van der Waals surface area (Å²) in [5.41, 5.74) is 2.71. The van der Waals surface area contributed by atoms with E-state index in [4.69, 9.17) is 4.74 Å². The van der Waals surface area contributed by atoms with Crippen LogP contribution in [0.4, 0.5) is 10.5 Å². The van der Waals surface area contributed by atoms with Crippen molar-refractivity contribution in [2.24, 2.45) is 0 Å². The van der Waals surface area contributed by atoms with Crippen LogP contribution in [-0.2, 0) is 16.0 Å². The summed E-state index contributed by atoms with van der Waals surface area (Å²) in [7, 11) is 0. The number of phenolic OH excluding ortho intramolecular Hbond substituents is 1. The first-order chi connectivity index (χ1) is 15.3. The van der Waals surface area contributed by atoms with Crippen molar-refractivity contribution < 1.29 is 24.2 Å². The molecule has 4 amide bonds. The molecule has 32 heavy (non-hydrogen) atoms. The summed E-state index contributed by atoms with van der Waals surface area (Å²) >= 11 is 0. The molecule has 1 aliphatic rings. The van der Waals surface area contributed by atoms with Crippen molar-refractivity contribution in [1.82, 2.24) is 10.2 Å². The molecule has 1 saturated heterocycles. The first kappa shape index (κ1) is 22.6. The molecule has 1 aliphatic heterocycles. The maximum Gasteiger partial charge on any atom is 0.329 e. The highest BCUT2D eigenvalue weighted by atomic mass is 16.5. The van der Waals surface area contributed by atoms with Gasteiger partial charge >= 0.3 is 6.03 Å². The number of carbonyl (C=O) groups is 3. The number of nitrogens with one attached hydrogen (secondary N) is 2. The van der Waals surface area contributed by atoms with Crippen LogP contribution in [-0.4, -0.2) is 41.0 Å². The lowest BCUT2D eigenvalue weighted by atomic mass is 10.0. The lowest BCUT2D eigenvalue weighted by Crippen LogP contribution is -2.38. The SMILES string of the molecule is C=CCc1cc(/C=C2/NC(=O)N(CC(=O)Nc3cccc(C)c3)C2=O)cc(OCC)c1O. The summed E-state index contributed by atoms with van der Waals surface area (Å²) in [5, 5.41) is 15.5.